The van der Waals surface area contributed by atoms with E-state index in [0.29, 0.717) is 89.7 Å². The number of nitriles is 2. The minimum Gasteiger partial charge on any atom is -0.478 e. The number of carboxylic acids is 1. The van der Waals surface area contributed by atoms with Crippen LogP contribution in [0.3, 0.4) is 0 Å². The van der Waals surface area contributed by atoms with Crippen LogP contribution in [0.5, 0.6) is 0 Å². The van der Waals surface area contributed by atoms with Gasteiger partial charge in [-0.05, 0) is 149 Å². The van der Waals surface area contributed by atoms with E-state index < -0.39 is 29.4 Å². The van der Waals surface area contributed by atoms with E-state index >= 15 is 0 Å². The second-order valence-electron chi connectivity index (χ2n) is 21.2. The van der Waals surface area contributed by atoms with Crippen LogP contribution in [0.25, 0.3) is 22.5 Å². The summed E-state index contributed by atoms with van der Waals surface area (Å²) in [5, 5.41) is 42.7. The number of benzene rings is 4. The lowest BCUT2D eigenvalue weighted by molar-refractivity contribution is 0.0511. The fourth-order valence-electron chi connectivity index (χ4n) is 8.31. The van der Waals surface area contributed by atoms with E-state index in [1.54, 1.807) is 118 Å². The number of aromatic nitrogens is 4. The molecule has 21 heteroatoms. The van der Waals surface area contributed by atoms with Crippen molar-refractivity contribution in [2.75, 3.05) is 23.7 Å². The largest absolute Gasteiger partial charge is 0.478 e. The summed E-state index contributed by atoms with van der Waals surface area (Å²) in [5.74, 6) is -1.57. The number of carbonyl (C=O) groups excluding carboxylic acids is 3. The molecule has 0 saturated heterocycles. The Morgan fingerprint density at radius 1 is 0.552 bits per heavy atom. The molecule has 8 rings (SSSR count). The molecule has 0 aliphatic rings. The predicted molar refractivity (Wildman–Crippen MR) is 327 cm³/mol. The highest BCUT2D eigenvalue weighted by Crippen LogP contribution is 2.27. The standard InChI is InChI=1S/C33H33FN6O3.C21H16FN3O2.C12H19N3O2/c1-33(2,3)43-32(42)39-21-29-24(10-7-16-36-29)20-38-31(41)27-13-14-28(26-12-5-4-9-23(26)19-35)40-30(27)37-17-15-22-8-6-11-25(34)18-22;22-16-6-3-4-14(12-16)10-11-24-20-18(21(26)27)8-9-19(25-20)17-7-2-1-5-15(17)13-23;1-12(2,3)17-11(16)15-8-10-9(7-13)5-4-6-14-10/h4-14,16,18H,15,17,20-21H2,1-3H3,(H,37,40)(H,38,41)(H,39,42);1-9,12H,10-11H2,(H,24,25)(H,26,27);4-6H,7-8,13H2,1-3H3,(H,15,16). The molecule has 0 aliphatic heterocycles. The normalized spacial score (nSPS) is 10.7. The van der Waals surface area contributed by atoms with Gasteiger partial charge in [-0.2, -0.15) is 10.5 Å². The van der Waals surface area contributed by atoms with Crippen LogP contribution >= 0.6 is 0 Å². The molecule has 8 N–H and O–H groups in total. The Morgan fingerprint density at radius 3 is 1.45 bits per heavy atom. The maximum absolute atomic E-state index is 13.7. The summed E-state index contributed by atoms with van der Waals surface area (Å²) < 4.78 is 37.3. The van der Waals surface area contributed by atoms with Crippen molar-refractivity contribution in [1.29, 1.82) is 10.5 Å². The summed E-state index contributed by atoms with van der Waals surface area (Å²) in [6, 6.07) is 44.6. The van der Waals surface area contributed by atoms with Crippen LogP contribution in [0.15, 0.2) is 158 Å². The fourth-order valence-corrected chi connectivity index (χ4v) is 8.31. The Kier molecular flexibility index (Phi) is 24.0. The van der Waals surface area contributed by atoms with Gasteiger partial charge >= 0.3 is 18.2 Å². The monoisotopic (exact) mass is 1180 g/mol. The zero-order valence-electron chi connectivity index (χ0n) is 49.1. The minimum atomic E-state index is -1.10. The van der Waals surface area contributed by atoms with E-state index in [1.807, 2.05) is 51.1 Å². The second kappa shape index (κ2) is 31.9. The number of hydrogen-bond acceptors (Lipinski definition) is 15. The summed E-state index contributed by atoms with van der Waals surface area (Å²) in [6.07, 6.45) is 3.28. The Labute approximate surface area is 504 Å². The second-order valence-corrected chi connectivity index (χ2v) is 21.2. The number of aromatic carboxylic acids is 1. The number of nitrogens with one attached hydrogen (secondary N) is 5. The number of nitrogens with two attached hydrogens (primary N) is 1. The third-order valence-electron chi connectivity index (χ3n) is 12.3. The van der Waals surface area contributed by atoms with E-state index in [4.69, 9.17) is 20.2 Å². The molecule has 3 amide bonds. The van der Waals surface area contributed by atoms with Gasteiger partial charge in [0.15, 0.2) is 0 Å². The highest BCUT2D eigenvalue weighted by molar-refractivity contribution is 5.99. The lowest BCUT2D eigenvalue weighted by Gasteiger charge is -2.20. The van der Waals surface area contributed by atoms with Crippen LogP contribution in [0.4, 0.5) is 30.0 Å². The fraction of sp³-hybridized carbons (Fsp3) is 0.242. The van der Waals surface area contributed by atoms with Crippen molar-refractivity contribution in [3.63, 3.8) is 0 Å². The summed E-state index contributed by atoms with van der Waals surface area (Å²) >= 11 is 0. The number of carboxylic acid groups (broad SMARTS) is 1. The number of halogens is 2. The summed E-state index contributed by atoms with van der Waals surface area (Å²) in [7, 11) is 0. The first-order valence-corrected chi connectivity index (χ1v) is 27.6. The van der Waals surface area contributed by atoms with Crippen molar-refractivity contribution in [2.45, 2.75) is 91.8 Å². The van der Waals surface area contributed by atoms with Gasteiger partial charge in [-0.3, -0.25) is 14.8 Å². The number of alkyl carbamates (subject to hydrolysis) is 2. The predicted octanol–water partition coefficient (Wildman–Crippen LogP) is 11.4. The molecule has 0 atom stereocenters. The number of nitrogens with zero attached hydrogens (tertiary/aromatic N) is 6. The topological polar surface area (TPSA) is 292 Å². The van der Waals surface area contributed by atoms with E-state index in [0.717, 1.165) is 27.9 Å². The molecule has 4 aromatic heterocycles. The molecule has 8 aromatic rings. The lowest BCUT2D eigenvalue weighted by atomic mass is 10.0. The zero-order valence-corrected chi connectivity index (χ0v) is 49.1. The maximum Gasteiger partial charge on any atom is 0.407 e. The molecule has 0 unspecified atom stereocenters. The average molecular weight is 1180 g/mol. The Balaban J connectivity index is 0.000000233. The highest BCUT2D eigenvalue weighted by atomic mass is 19.1. The van der Waals surface area contributed by atoms with Gasteiger partial charge in [0.1, 0.15) is 40.0 Å². The molecule has 4 heterocycles. The smallest absolute Gasteiger partial charge is 0.407 e. The van der Waals surface area contributed by atoms with Gasteiger partial charge in [-0.25, -0.2) is 33.1 Å². The number of anilines is 2. The van der Waals surface area contributed by atoms with Crippen LogP contribution in [-0.4, -0.2) is 73.4 Å². The van der Waals surface area contributed by atoms with Crippen molar-refractivity contribution >= 4 is 35.7 Å². The summed E-state index contributed by atoms with van der Waals surface area (Å²) in [5.41, 5.74) is 12.6. The third kappa shape index (κ3) is 21.2. The van der Waals surface area contributed by atoms with Gasteiger partial charge in [0.05, 0.1) is 64.7 Å². The molecule has 0 fully saturated rings. The number of ether oxygens (including phenoxy) is 2. The summed E-state index contributed by atoms with van der Waals surface area (Å²) in [6.45, 7) is 12.6. The van der Waals surface area contributed by atoms with Crippen LogP contribution in [-0.2, 0) is 48.5 Å². The molecule has 0 bridgehead atoms. The molecule has 87 heavy (non-hydrogen) atoms. The molecule has 0 aliphatic carbocycles. The first-order chi connectivity index (χ1) is 41.6. The first kappa shape index (κ1) is 65.5. The van der Waals surface area contributed by atoms with Gasteiger partial charge in [0.25, 0.3) is 5.91 Å². The van der Waals surface area contributed by atoms with Gasteiger partial charge in [-0.15, -0.1) is 0 Å². The molecule has 0 saturated carbocycles. The van der Waals surface area contributed by atoms with E-state index in [9.17, 15) is 43.6 Å². The average Bonchev–Trinajstić information content (AvgIpc) is 2.80. The van der Waals surface area contributed by atoms with Gasteiger partial charge in [0, 0.05) is 49.7 Å². The van der Waals surface area contributed by atoms with Crippen molar-refractivity contribution in [3.05, 3.63) is 226 Å². The van der Waals surface area contributed by atoms with Gasteiger partial charge in [0.2, 0.25) is 0 Å². The molecular formula is C66H68F2N12O7. The quantitative estimate of drug-likeness (QED) is 0.0396. The SMILES string of the molecule is CC(C)(C)OC(=O)NCc1ncccc1CN.CC(C)(C)OC(=O)NCc1ncccc1CNC(=O)c1ccc(-c2ccccc2C#N)nc1NCCc1cccc(F)c1.N#Cc1ccccc1-c1ccc(C(=O)O)c(NCCc2cccc(F)c2)n1. The number of amides is 3. The first-order valence-electron chi connectivity index (χ1n) is 27.6. The van der Waals surface area contributed by atoms with Crippen LogP contribution in [0, 0.1) is 34.3 Å². The van der Waals surface area contributed by atoms with Gasteiger partial charge in [-0.1, -0.05) is 72.8 Å². The number of carbonyl (C=O) groups is 4. The molecule has 448 valence electrons. The van der Waals surface area contributed by atoms with E-state index in [1.165, 1.54) is 30.3 Å². The lowest BCUT2D eigenvalue weighted by Crippen LogP contribution is -2.33. The molecule has 19 nitrogen and oxygen atoms in total. The highest BCUT2D eigenvalue weighted by Gasteiger charge is 2.21. The van der Waals surface area contributed by atoms with E-state index in [-0.39, 0.29) is 42.0 Å². The molecule has 4 aromatic carbocycles. The molecular weight excluding hydrogens is 1110 g/mol. The Bertz CT molecular complexity index is 3760. The maximum atomic E-state index is 13.7. The van der Waals surface area contributed by atoms with Crippen molar-refractivity contribution in [2.24, 2.45) is 5.73 Å². The van der Waals surface area contributed by atoms with Crippen molar-refractivity contribution in [1.82, 2.24) is 35.9 Å². The Morgan fingerprint density at radius 2 is 1.00 bits per heavy atom. The molecule has 0 spiro atoms. The van der Waals surface area contributed by atoms with Crippen molar-refractivity contribution in [3.8, 4) is 34.7 Å². The van der Waals surface area contributed by atoms with Gasteiger partial charge < -0.3 is 46.9 Å². The third-order valence-corrected chi connectivity index (χ3v) is 12.3. The van der Waals surface area contributed by atoms with E-state index in [2.05, 4.69) is 53.7 Å². The number of pyridine rings is 4. The number of rotatable bonds is 19. The number of hydrogen-bond donors (Lipinski definition) is 7. The molecule has 0 radical (unpaired) electrons. The van der Waals surface area contributed by atoms with Crippen LogP contribution in [0.1, 0.15) is 107 Å². The van der Waals surface area contributed by atoms with Crippen LogP contribution < -0.4 is 32.3 Å². The van der Waals surface area contributed by atoms with Crippen molar-refractivity contribution < 1.29 is 42.5 Å². The Hall–Kier alpha value is -10.6. The zero-order chi connectivity index (χ0) is 62.9. The summed E-state index contributed by atoms with van der Waals surface area (Å²) in [4.78, 5) is 66.1. The van der Waals surface area contributed by atoms with Crippen LogP contribution in [0.2, 0.25) is 0 Å². The minimum absolute atomic E-state index is 0.0347.